The van der Waals surface area contributed by atoms with Crippen LogP contribution in [-0.2, 0) is 0 Å². The molecule has 0 saturated heterocycles. The van der Waals surface area contributed by atoms with Crippen molar-refractivity contribution in [3.8, 4) is 0 Å². The fourth-order valence-electron chi connectivity index (χ4n) is 5.15. The SMILES string of the molecule is [2H][13C]([2H])=C1[C@H]2CC[C@@H]3[C@H]2C(C)(C)CCC[C@]13C. The lowest BCUT2D eigenvalue weighted by atomic mass is 9.70. The van der Waals surface area contributed by atoms with E-state index in [9.17, 15) is 0 Å². The fraction of sp³-hybridized carbons (Fsp3) is 0.867. The first-order chi connectivity index (χ1) is 7.88. The predicted octanol–water partition coefficient (Wildman–Crippen LogP) is 4.42. The van der Waals surface area contributed by atoms with Gasteiger partial charge in [0.1, 0.15) is 0 Å². The summed E-state index contributed by atoms with van der Waals surface area (Å²) in [6.45, 7) is 7.34. The van der Waals surface area contributed by atoms with E-state index in [2.05, 4.69) is 20.8 Å². The Kier molecular flexibility index (Phi) is 1.43. The van der Waals surface area contributed by atoms with Crippen molar-refractivity contribution in [1.82, 2.24) is 0 Å². The van der Waals surface area contributed by atoms with Crippen LogP contribution in [0.3, 0.4) is 0 Å². The third-order valence-corrected chi connectivity index (χ3v) is 5.88. The molecule has 0 aromatic carbocycles. The first-order valence-electron chi connectivity index (χ1n) is 7.56. The van der Waals surface area contributed by atoms with Crippen molar-refractivity contribution in [2.24, 2.45) is 28.6 Å². The van der Waals surface area contributed by atoms with Gasteiger partial charge < -0.3 is 0 Å². The summed E-state index contributed by atoms with van der Waals surface area (Å²) in [5, 5.41) is 0. The van der Waals surface area contributed by atoms with Gasteiger partial charge in [0.05, 0.1) is 2.74 Å². The largest absolute Gasteiger partial charge is 0.0990 e. The zero-order valence-corrected chi connectivity index (χ0v) is 10.3. The van der Waals surface area contributed by atoms with E-state index in [4.69, 9.17) is 2.74 Å². The molecule has 3 aliphatic rings. The van der Waals surface area contributed by atoms with E-state index in [0.29, 0.717) is 11.3 Å². The van der Waals surface area contributed by atoms with Gasteiger partial charge in [-0.1, -0.05) is 39.3 Å². The fourth-order valence-corrected chi connectivity index (χ4v) is 5.15. The first kappa shape index (κ1) is 7.92. The van der Waals surface area contributed by atoms with Crippen molar-refractivity contribution >= 4 is 0 Å². The maximum absolute atomic E-state index is 7.85. The van der Waals surface area contributed by atoms with Gasteiger partial charge in [0.25, 0.3) is 0 Å². The highest BCUT2D eigenvalue weighted by molar-refractivity contribution is 5.29. The van der Waals surface area contributed by atoms with E-state index in [-0.39, 0.29) is 11.9 Å². The molecule has 3 fully saturated rings. The molecule has 3 aliphatic carbocycles. The van der Waals surface area contributed by atoms with E-state index < -0.39 is 0 Å². The second kappa shape index (κ2) is 2.70. The van der Waals surface area contributed by atoms with Crippen LogP contribution in [0.1, 0.15) is 55.6 Å². The Bertz CT molecular complexity index is 378. The topological polar surface area (TPSA) is 0 Å². The average Bonchev–Trinajstić information content (AvgIpc) is 2.67. The normalized spacial score (nSPS) is 53.5. The second-order valence-corrected chi connectivity index (χ2v) is 6.99. The summed E-state index contributed by atoms with van der Waals surface area (Å²) in [6, 6.07) is 0. The molecule has 0 spiro atoms. The van der Waals surface area contributed by atoms with Crippen LogP contribution in [-0.4, -0.2) is 0 Å². The molecule has 4 atom stereocenters. The van der Waals surface area contributed by atoms with Gasteiger partial charge in [-0.2, -0.15) is 0 Å². The molecule has 0 amide bonds. The Morgan fingerprint density at radius 2 is 2.07 bits per heavy atom. The molecule has 3 saturated carbocycles. The van der Waals surface area contributed by atoms with Crippen molar-refractivity contribution in [2.45, 2.75) is 52.9 Å². The summed E-state index contributed by atoms with van der Waals surface area (Å²) in [6.07, 6.45) is 6.40. The van der Waals surface area contributed by atoms with Crippen molar-refractivity contribution in [3.05, 3.63) is 12.1 Å². The van der Waals surface area contributed by atoms with Crippen molar-refractivity contribution in [2.75, 3.05) is 0 Å². The lowest BCUT2D eigenvalue weighted by Gasteiger charge is -2.35. The maximum Gasteiger partial charge on any atom is 0.0538 e. The van der Waals surface area contributed by atoms with Gasteiger partial charge in [0, 0.05) is 0 Å². The minimum Gasteiger partial charge on any atom is -0.0990 e. The molecule has 4 bridgehead atoms. The Balaban J connectivity index is 2.15. The minimum absolute atomic E-state index is 0.141. The van der Waals surface area contributed by atoms with Crippen LogP contribution >= 0.6 is 0 Å². The Morgan fingerprint density at radius 1 is 1.27 bits per heavy atom. The molecule has 3 rings (SSSR count). The zero-order valence-electron chi connectivity index (χ0n) is 12.3. The van der Waals surface area contributed by atoms with Crippen molar-refractivity contribution < 1.29 is 2.74 Å². The molecule has 0 heterocycles. The van der Waals surface area contributed by atoms with Crippen molar-refractivity contribution in [1.29, 1.82) is 0 Å². The van der Waals surface area contributed by atoms with Crippen LogP contribution in [0.2, 0.25) is 0 Å². The lowest BCUT2D eigenvalue weighted by molar-refractivity contribution is 0.141. The number of hydrogen-bond donors (Lipinski definition) is 0. The summed E-state index contributed by atoms with van der Waals surface area (Å²) >= 11 is 0. The molecular weight excluding hydrogens is 181 g/mol. The molecule has 0 aliphatic heterocycles. The summed E-state index contributed by atoms with van der Waals surface area (Å²) < 4.78 is 15.7. The van der Waals surface area contributed by atoms with Crippen LogP contribution in [0.5, 0.6) is 0 Å². The third kappa shape index (κ3) is 1.04. The highest BCUT2D eigenvalue weighted by Gasteiger charge is 2.61. The summed E-state index contributed by atoms with van der Waals surface area (Å²) in [5.41, 5.74) is 1.83. The molecule has 0 N–H and O–H groups in total. The maximum atomic E-state index is 7.85. The van der Waals surface area contributed by atoms with Gasteiger partial charge >= 0.3 is 0 Å². The standard InChI is InChI=1S/C15H24/c1-10-11-6-7-12-13(11)14(2,3)8-5-9-15(10,12)4/h11-13H,1,5-9H2,2-4H3/t11-,12-,13+,15-/m1/s1/i1+1D2. The van der Waals surface area contributed by atoms with E-state index in [1.807, 2.05) is 0 Å². The molecular formula is C15H24. The van der Waals surface area contributed by atoms with Gasteiger partial charge in [-0.25, -0.2) is 0 Å². The van der Waals surface area contributed by atoms with Crippen LogP contribution in [0.25, 0.3) is 0 Å². The highest BCUT2D eigenvalue weighted by Crippen LogP contribution is 2.70. The molecule has 0 unspecified atom stereocenters. The van der Waals surface area contributed by atoms with E-state index >= 15 is 0 Å². The van der Waals surface area contributed by atoms with Crippen LogP contribution < -0.4 is 0 Å². The van der Waals surface area contributed by atoms with Gasteiger partial charge in [0.2, 0.25) is 0 Å². The molecule has 0 heteroatoms. The van der Waals surface area contributed by atoms with Gasteiger partial charge in [-0.3, -0.25) is 0 Å². The van der Waals surface area contributed by atoms with Crippen LogP contribution in [0.15, 0.2) is 12.1 Å². The van der Waals surface area contributed by atoms with E-state index in [1.54, 1.807) is 0 Å². The number of rotatable bonds is 0. The Labute approximate surface area is 97.0 Å². The lowest BCUT2D eigenvalue weighted by Crippen LogP contribution is -2.28. The van der Waals surface area contributed by atoms with E-state index in [0.717, 1.165) is 11.8 Å². The molecule has 0 nitrogen and oxygen atoms in total. The quantitative estimate of drug-likeness (QED) is 0.407. The number of allylic oxidation sites excluding steroid dienone is 1. The summed E-state index contributed by atoms with van der Waals surface area (Å²) in [4.78, 5) is 0. The smallest absolute Gasteiger partial charge is 0.0538 e. The van der Waals surface area contributed by atoms with Crippen LogP contribution in [0.4, 0.5) is 0 Å². The van der Waals surface area contributed by atoms with Gasteiger partial charge in [0.15, 0.2) is 0 Å². The highest BCUT2D eigenvalue weighted by atomic mass is 14.7. The minimum atomic E-state index is 0.141. The summed E-state index contributed by atoms with van der Waals surface area (Å²) in [7, 11) is 0. The van der Waals surface area contributed by atoms with E-state index in [1.165, 1.54) is 37.7 Å². The third-order valence-electron chi connectivity index (χ3n) is 5.88. The molecule has 0 radical (unpaired) electrons. The Hall–Kier alpha value is -0.260. The molecule has 0 aromatic rings. The Morgan fingerprint density at radius 3 is 2.80 bits per heavy atom. The molecule has 84 valence electrons. The molecule has 0 aromatic heterocycles. The predicted molar refractivity (Wildman–Crippen MR) is 64.6 cm³/mol. The monoisotopic (exact) mass is 207 g/mol. The van der Waals surface area contributed by atoms with Gasteiger partial charge in [-0.15, -0.1) is 0 Å². The van der Waals surface area contributed by atoms with Gasteiger partial charge in [-0.05, 0) is 54.3 Å². The molecule has 15 heavy (non-hydrogen) atoms. The van der Waals surface area contributed by atoms with Crippen LogP contribution in [0, 0.1) is 28.6 Å². The second-order valence-electron chi connectivity index (χ2n) is 6.99. The average molecular weight is 207 g/mol. The summed E-state index contributed by atoms with van der Waals surface area (Å²) in [5.74, 6) is 2.06. The number of hydrogen-bond acceptors (Lipinski definition) is 0. The zero-order chi connectivity index (χ0) is 12.4. The first-order valence-corrected chi connectivity index (χ1v) is 6.56. The van der Waals surface area contributed by atoms with Crippen molar-refractivity contribution in [3.63, 3.8) is 0 Å².